The van der Waals surface area contributed by atoms with E-state index in [4.69, 9.17) is 9.36 Å². The summed E-state index contributed by atoms with van der Waals surface area (Å²) < 4.78 is 38.3. The summed E-state index contributed by atoms with van der Waals surface area (Å²) in [7, 11) is -4.87. The molecule has 1 fully saturated rings. The highest BCUT2D eigenvalue weighted by Gasteiger charge is 2.44. The van der Waals surface area contributed by atoms with Gasteiger partial charge in [-0.05, 0) is 30.5 Å². The number of hydroxylamine groups is 1. The van der Waals surface area contributed by atoms with E-state index in [1.807, 2.05) is 11.0 Å². The smallest absolute Gasteiger partial charge is 0.436 e. The number of likely N-dealkylation sites (tertiary alicyclic amines) is 1. The molecule has 36 heavy (non-hydrogen) atoms. The van der Waals surface area contributed by atoms with E-state index in [0.717, 1.165) is 16.0 Å². The van der Waals surface area contributed by atoms with Gasteiger partial charge in [-0.2, -0.15) is 14.8 Å². The van der Waals surface area contributed by atoms with Crippen LogP contribution in [-0.4, -0.2) is 70.5 Å². The summed E-state index contributed by atoms with van der Waals surface area (Å²) in [6, 6.07) is 4.53. The predicted octanol–water partition coefficient (Wildman–Crippen LogP) is 2.26. The van der Waals surface area contributed by atoms with E-state index in [1.54, 1.807) is 35.4 Å². The lowest BCUT2D eigenvalue weighted by molar-refractivity contribution is -0.00755. The molecule has 0 aliphatic carbocycles. The highest BCUT2D eigenvalue weighted by Crippen LogP contribution is 2.46. The molecule has 0 saturated carbocycles. The Balaban J connectivity index is 1.22. The molecule has 0 bridgehead atoms. The third-order valence-electron chi connectivity index (χ3n) is 6.44. The zero-order valence-electron chi connectivity index (χ0n) is 18.8. The second-order valence-corrected chi connectivity index (χ2v) is 9.75. The summed E-state index contributed by atoms with van der Waals surface area (Å²) in [5.41, 5.74) is 2.45. The van der Waals surface area contributed by atoms with Gasteiger partial charge in [-0.1, -0.05) is 0 Å². The first-order valence-corrected chi connectivity index (χ1v) is 12.7. The van der Waals surface area contributed by atoms with Crippen LogP contribution in [0.1, 0.15) is 12.5 Å². The van der Waals surface area contributed by atoms with E-state index in [1.165, 1.54) is 12.5 Å². The van der Waals surface area contributed by atoms with E-state index in [0.29, 0.717) is 36.5 Å². The van der Waals surface area contributed by atoms with Crippen molar-refractivity contribution < 1.29 is 28.1 Å². The number of pyridine rings is 1. The molecule has 4 aromatic heterocycles. The van der Waals surface area contributed by atoms with Gasteiger partial charge in [-0.3, -0.25) is 4.68 Å². The second-order valence-electron chi connectivity index (χ2n) is 8.61. The SMILES string of the molecule is O=P(O)(O)ON1c2cccnc2OC1N1CC[C@@H](C(CF)n2cc(-c3ncnc4[nH]ccc34)cn2)C1. The molecule has 188 valence electrons. The van der Waals surface area contributed by atoms with E-state index in [2.05, 4.69) is 25.0 Å². The molecule has 2 aliphatic heterocycles. The zero-order chi connectivity index (χ0) is 24.9. The molecule has 6 heterocycles. The number of nitrogens with zero attached hydrogens (tertiary/aromatic N) is 7. The molecule has 1 saturated heterocycles. The summed E-state index contributed by atoms with van der Waals surface area (Å²) in [6.45, 7) is 0.239. The van der Waals surface area contributed by atoms with Crippen molar-refractivity contribution in [2.75, 3.05) is 24.8 Å². The number of hydrogen-bond donors (Lipinski definition) is 3. The molecule has 15 heteroatoms. The van der Waals surface area contributed by atoms with E-state index in [-0.39, 0.29) is 11.8 Å². The first-order valence-electron chi connectivity index (χ1n) is 11.2. The number of hydrogen-bond acceptors (Lipinski definition) is 9. The predicted molar refractivity (Wildman–Crippen MR) is 124 cm³/mol. The van der Waals surface area contributed by atoms with Crippen LogP contribution in [0, 0.1) is 5.92 Å². The molecular weight excluding hydrogens is 494 g/mol. The van der Waals surface area contributed by atoms with Gasteiger partial charge in [0.2, 0.25) is 5.88 Å². The first kappa shape index (κ1) is 23.0. The summed E-state index contributed by atoms with van der Waals surface area (Å²) >= 11 is 0. The maximum absolute atomic E-state index is 14.3. The van der Waals surface area contributed by atoms with Gasteiger partial charge >= 0.3 is 7.82 Å². The molecule has 0 aromatic carbocycles. The van der Waals surface area contributed by atoms with Crippen molar-refractivity contribution in [3.63, 3.8) is 0 Å². The number of alkyl halides is 1. The Morgan fingerprint density at radius 2 is 2.19 bits per heavy atom. The van der Waals surface area contributed by atoms with Gasteiger partial charge < -0.3 is 19.5 Å². The van der Waals surface area contributed by atoms with Crippen LogP contribution < -0.4 is 9.80 Å². The second kappa shape index (κ2) is 8.91. The molecule has 2 unspecified atom stereocenters. The highest BCUT2D eigenvalue weighted by atomic mass is 31.2. The minimum Gasteiger partial charge on any atom is -0.436 e. The number of aromatic amines is 1. The standard InChI is InChI=1S/C21H22FN8O5P/c22-8-17(29-11-14(9-27-29)18-15-3-6-23-19(15)26-12-25-18)13-4-7-28(10-13)21-30(35-36(31,32)33)16-2-1-5-24-20(16)34-21/h1-3,5-6,9,11-13,17,21H,4,7-8,10H2,(H,23,25,26)(H2,31,32,33)/t13-,17?,21?/m1/s1. The fourth-order valence-corrected chi connectivity index (χ4v) is 5.21. The molecule has 3 N–H and O–H groups in total. The topological polar surface area (TPSA) is 155 Å². The van der Waals surface area contributed by atoms with Gasteiger partial charge in [0.05, 0.1) is 17.9 Å². The molecule has 3 atom stereocenters. The molecule has 0 radical (unpaired) electrons. The molecule has 0 spiro atoms. The molecule has 2 aliphatic rings. The van der Waals surface area contributed by atoms with Crippen LogP contribution in [-0.2, 0) is 9.19 Å². The van der Waals surface area contributed by atoms with Gasteiger partial charge in [-0.15, -0.1) is 0 Å². The quantitative estimate of drug-likeness (QED) is 0.310. The number of fused-ring (bicyclic) bond motifs is 2. The monoisotopic (exact) mass is 516 g/mol. The Hall–Kier alpha value is -3.42. The van der Waals surface area contributed by atoms with E-state index >= 15 is 0 Å². The molecular formula is C21H22FN8O5P. The van der Waals surface area contributed by atoms with Crippen LogP contribution in [0.4, 0.5) is 10.1 Å². The lowest BCUT2D eigenvalue weighted by atomic mass is 10.0. The molecule has 13 nitrogen and oxygen atoms in total. The third-order valence-corrected chi connectivity index (χ3v) is 6.83. The zero-order valence-corrected chi connectivity index (χ0v) is 19.6. The molecule has 0 amide bonds. The fourth-order valence-electron chi connectivity index (χ4n) is 4.82. The van der Waals surface area contributed by atoms with Crippen molar-refractivity contribution >= 4 is 24.5 Å². The number of nitrogens with one attached hydrogen (secondary N) is 1. The fraction of sp³-hybridized carbons (Fsp3) is 0.333. The maximum Gasteiger partial charge on any atom is 0.491 e. The minimum atomic E-state index is -4.87. The summed E-state index contributed by atoms with van der Waals surface area (Å²) in [5, 5.41) is 6.30. The van der Waals surface area contributed by atoms with Gasteiger partial charge in [0, 0.05) is 42.6 Å². The Labute approximate surface area is 203 Å². The Kier molecular flexibility index (Phi) is 5.69. The number of H-pyrrole nitrogens is 1. The van der Waals surface area contributed by atoms with Crippen LogP contribution in [0.3, 0.4) is 0 Å². The van der Waals surface area contributed by atoms with Gasteiger partial charge in [0.25, 0.3) is 6.35 Å². The van der Waals surface area contributed by atoms with Gasteiger partial charge in [0.15, 0.2) is 0 Å². The summed E-state index contributed by atoms with van der Waals surface area (Å²) in [5.74, 6) is 0.0525. The van der Waals surface area contributed by atoms with Crippen LogP contribution >= 0.6 is 7.82 Å². The lowest BCUT2D eigenvalue weighted by Gasteiger charge is -2.30. The van der Waals surface area contributed by atoms with Crippen molar-refractivity contribution in [3.05, 3.63) is 49.3 Å². The normalized spacial score (nSPS) is 21.1. The number of ether oxygens (including phenoxy) is 1. The average Bonchev–Trinajstić information content (AvgIpc) is 3.65. The lowest BCUT2D eigenvalue weighted by Crippen LogP contribution is -2.48. The van der Waals surface area contributed by atoms with Crippen molar-refractivity contribution in [2.24, 2.45) is 5.92 Å². The molecule has 4 aromatic rings. The van der Waals surface area contributed by atoms with Crippen LogP contribution in [0.15, 0.2) is 49.3 Å². The number of halogens is 1. The third kappa shape index (κ3) is 4.12. The Morgan fingerprint density at radius 3 is 3.03 bits per heavy atom. The average molecular weight is 516 g/mol. The minimum absolute atomic E-state index is 0.141. The number of aromatic nitrogens is 6. The summed E-state index contributed by atoms with van der Waals surface area (Å²) in [6.07, 6.45) is 7.85. The summed E-state index contributed by atoms with van der Waals surface area (Å²) in [4.78, 5) is 36.4. The van der Waals surface area contributed by atoms with Gasteiger partial charge in [-0.25, -0.2) is 28.8 Å². The van der Waals surface area contributed by atoms with Crippen LogP contribution in [0.2, 0.25) is 0 Å². The van der Waals surface area contributed by atoms with Crippen molar-refractivity contribution in [1.82, 2.24) is 34.6 Å². The van der Waals surface area contributed by atoms with E-state index < -0.39 is 26.9 Å². The maximum atomic E-state index is 14.3. The number of phosphoric acid groups is 1. The van der Waals surface area contributed by atoms with Crippen molar-refractivity contribution in [1.29, 1.82) is 0 Å². The molecule has 6 rings (SSSR count). The van der Waals surface area contributed by atoms with Crippen LogP contribution in [0.25, 0.3) is 22.3 Å². The van der Waals surface area contributed by atoms with Crippen molar-refractivity contribution in [3.8, 4) is 17.1 Å². The van der Waals surface area contributed by atoms with Crippen LogP contribution in [0.5, 0.6) is 5.88 Å². The Morgan fingerprint density at radius 1 is 1.31 bits per heavy atom. The first-order chi connectivity index (χ1) is 17.4. The highest BCUT2D eigenvalue weighted by molar-refractivity contribution is 7.46. The number of anilines is 1. The largest absolute Gasteiger partial charge is 0.491 e. The number of rotatable bonds is 7. The van der Waals surface area contributed by atoms with E-state index in [9.17, 15) is 18.7 Å². The van der Waals surface area contributed by atoms with Crippen molar-refractivity contribution in [2.45, 2.75) is 18.8 Å². The van der Waals surface area contributed by atoms with Gasteiger partial charge in [0.1, 0.15) is 24.3 Å². The Bertz CT molecular complexity index is 1440.